The molecule has 0 atom stereocenters. The lowest BCUT2D eigenvalue weighted by Crippen LogP contribution is -2.14. The van der Waals surface area contributed by atoms with Gasteiger partial charge in [-0.05, 0) is 40.2 Å². The lowest BCUT2D eigenvalue weighted by atomic mass is 10.1. The topological polar surface area (TPSA) is 81.1 Å². The average Bonchev–Trinajstić information content (AvgIpc) is 2.32. The van der Waals surface area contributed by atoms with Gasteiger partial charge in [0.1, 0.15) is 5.82 Å². The fourth-order valence-corrected chi connectivity index (χ4v) is 2.16. The van der Waals surface area contributed by atoms with Crippen LogP contribution in [0.1, 0.15) is 10.4 Å². The summed E-state index contributed by atoms with van der Waals surface area (Å²) in [5, 5.41) is 2.34. The second-order valence-electron chi connectivity index (χ2n) is 4.09. The molecular weight excluding hydrogens is 332 g/mol. The molecule has 0 bridgehead atoms. The van der Waals surface area contributed by atoms with E-state index in [1.807, 2.05) is 0 Å². The predicted octanol–water partition coefficient (Wildman–Crippen LogP) is 3.14. The number of nitrogens with one attached hydrogen (secondary N) is 1. The van der Waals surface area contributed by atoms with E-state index in [-0.39, 0.29) is 15.7 Å². The van der Waals surface area contributed by atoms with Gasteiger partial charge in [0, 0.05) is 27.5 Å². The van der Waals surface area contributed by atoms with Gasteiger partial charge in [-0.1, -0.05) is 0 Å². The molecule has 0 saturated heterocycles. The first-order valence-electron chi connectivity index (χ1n) is 5.49. The highest BCUT2D eigenvalue weighted by Crippen LogP contribution is 2.27. The Kier molecular flexibility index (Phi) is 3.89. The zero-order valence-corrected chi connectivity index (χ0v) is 11.7. The average molecular weight is 342 g/mol. The first-order chi connectivity index (χ1) is 9.36. The lowest BCUT2D eigenvalue weighted by molar-refractivity contribution is 0.102. The molecule has 0 aromatic heterocycles. The largest absolute Gasteiger partial charge is 0.399 e. The monoisotopic (exact) mass is 341 g/mol. The first-order valence-corrected chi connectivity index (χ1v) is 6.28. The molecule has 20 heavy (non-hydrogen) atoms. The smallest absolute Gasteiger partial charge is 0.255 e. The maximum atomic E-state index is 13.6. The van der Waals surface area contributed by atoms with Crippen LogP contribution in [0.4, 0.5) is 25.8 Å². The highest BCUT2D eigenvalue weighted by molar-refractivity contribution is 9.10. The van der Waals surface area contributed by atoms with Crippen molar-refractivity contribution < 1.29 is 13.6 Å². The number of halogens is 3. The summed E-state index contributed by atoms with van der Waals surface area (Å²) >= 11 is 2.98. The fourth-order valence-electron chi connectivity index (χ4n) is 1.65. The molecule has 0 aliphatic carbocycles. The maximum Gasteiger partial charge on any atom is 0.255 e. The SMILES string of the molecule is Nc1cc(N)cc(C(=O)Nc2c(F)cc(F)cc2Br)c1. The van der Waals surface area contributed by atoms with Crippen molar-refractivity contribution in [2.45, 2.75) is 0 Å². The third-order valence-corrected chi connectivity index (χ3v) is 3.11. The Hall–Kier alpha value is -2.15. The van der Waals surface area contributed by atoms with Crippen molar-refractivity contribution in [3.8, 4) is 0 Å². The molecule has 7 heteroatoms. The molecule has 2 aromatic carbocycles. The Morgan fingerprint density at radius 2 is 1.65 bits per heavy atom. The Bertz CT molecular complexity index is 648. The lowest BCUT2D eigenvalue weighted by Gasteiger charge is -2.10. The summed E-state index contributed by atoms with van der Waals surface area (Å²) < 4.78 is 26.7. The Labute approximate surface area is 121 Å². The highest BCUT2D eigenvalue weighted by Gasteiger charge is 2.14. The molecule has 1 amide bonds. The molecule has 0 aliphatic heterocycles. The van der Waals surface area contributed by atoms with Crippen LogP contribution in [0.3, 0.4) is 0 Å². The maximum absolute atomic E-state index is 13.6. The molecule has 0 fully saturated rings. The Morgan fingerprint density at radius 1 is 1.05 bits per heavy atom. The van der Waals surface area contributed by atoms with Gasteiger partial charge in [-0.25, -0.2) is 8.78 Å². The zero-order chi connectivity index (χ0) is 14.9. The van der Waals surface area contributed by atoms with E-state index >= 15 is 0 Å². The minimum Gasteiger partial charge on any atom is -0.399 e. The highest BCUT2D eigenvalue weighted by atomic mass is 79.9. The Balaban J connectivity index is 2.32. The van der Waals surface area contributed by atoms with Gasteiger partial charge in [-0.2, -0.15) is 0 Å². The van der Waals surface area contributed by atoms with Crippen LogP contribution in [0.2, 0.25) is 0 Å². The van der Waals surface area contributed by atoms with Gasteiger partial charge < -0.3 is 16.8 Å². The molecule has 0 spiro atoms. The van der Waals surface area contributed by atoms with E-state index in [9.17, 15) is 13.6 Å². The summed E-state index contributed by atoms with van der Waals surface area (Å²) in [5.41, 5.74) is 11.8. The molecule has 0 saturated carbocycles. The molecule has 2 rings (SSSR count). The van der Waals surface area contributed by atoms with Gasteiger partial charge in [0.2, 0.25) is 0 Å². The van der Waals surface area contributed by atoms with E-state index in [1.165, 1.54) is 18.2 Å². The third kappa shape index (κ3) is 3.05. The number of carbonyl (C=O) groups excluding carboxylic acids is 1. The van der Waals surface area contributed by atoms with Gasteiger partial charge in [-0.15, -0.1) is 0 Å². The van der Waals surface area contributed by atoms with Crippen molar-refractivity contribution >= 4 is 38.9 Å². The molecule has 4 nitrogen and oxygen atoms in total. The van der Waals surface area contributed by atoms with Crippen molar-refractivity contribution in [3.63, 3.8) is 0 Å². The summed E-state index contributed by atoms with van der Waals surface area (Å²) in [6, 6.07) is 6.02. The second-order valence-corrected chi connectivity index (χ2v) is 4.94. The van der Waals surface area contributed by atoms with E-state index < -0.39 is 17.5 Å². The van der Waals surface area contributed by atoms with Crippen LogP contribution in [0.25, 0.3) is 0 Å². The van der Waals surface area contributed by atoms with E-state index in [1.54, 1.807) is 0 Å². The van der Waals surface area contributed by atoms with Gasteiger partial charge in [-0.3, -0.25) is 4.79 Å². The number of carbonyl (C=O) groups is 1. The van der Waals surface area contributed by atoms with Crippen molar-refractivity contribution in [2.75, 3.05) is 16.8 Å². The minimum absolute atomic E-state index is 0.0974. The Morgan fingerprint density at radius 3 is 2.20 bits per heavy atom. The van der Waals surface area contributed by atoms with Gasteiger partial charge in [0.05, 0.1) is 5.69 Å². The first kappa shape index (κ1) is 14.3. The number of nitrogen functional groups attached to an aromatic ring is 2. The van der Waals surface area contributed by atoms with Crippen LogP contribution >= 0.6 is 15.9 Å². The number of benzene rings is 2. The summed E-state index contributed by atoms with van der Waals surface area (Å²) in [7, 11) is 0. The summed E-state index contributed by atoms with van der Waals surface area (Å²) in [4.78, 5) is 12.0. The van der Waals surface area contributed by atoms with E-state index in [2.05, 4.69) is 21.2 Å². The quantitative estimate of drug-likeness (QED) is 0.734. The number of hydrogen-bond donors (Lipinski definition) is 3. The molecule has 2 aromatic rings. The van der Waals surface area contributed by atoms with E-state index in [0.717, 1.165) is 6.07 Å². The minimum atomic E-state index is -0.887. The molecule has 5 N–H and O–H groups in total. The molecule has 0 radical (unpaired) electrons. The van der Waals surface area contributed by atoms with Crippen LogP contribution in [0.15, 0.2) is 34.8 Å². The van der Waals surface area contributed by atoms with Crippen molar-refractivity contribution in [1.82, 2.24) is 0 Å². The number of amides is 1. The van der Waals surface area contributed by atoms with Crippen LogP contribution in [0.5, 0.6) is 0 Å². The molecule has 0 heterocycles. The van der Waals surface area contributed by atoms with Crippen LogP contribution < -0.4 is 16.8 Å². The third-order valence-electron chi connectivity index (χ3n) is 2.49. The van der Waals surface area contributed by atoms with E-state index in [4.69, 9.17) is 11.5 Å². The summed E-state index contributed by atoms with van der Waals surface area (Å²) in [5.74, 6) is -2.24. The standard InChI is InChI=1S/C13H10BrF2N3O/c14-10-3-7(15)4-11(16)12(10)19-13(20)6-1-8(17)5-9(18)2-6/h1-5H,17-18H2,(H,19,20). The summed E-state index contributed by atoms with van der Waals surface area (Å²) in [6.45, 7) is 0. The molecule has 0 aliphatic rings. The van der Waals surface area contributed by atoms with Gasteiger partial charge >= 0.3 is 0 Å². The van der Waals surface area contributed by atoms with Crippen molar-refractivity contribution in [2.24, 2.45) is 0 Å². The van der Waals surface area contributed by atoms with Gasteiger partial charge in [0.25, 0.3) is 5.91 Å². The number of anilines is 3. The summed E-state index contributed by atoms with van der Waals surface area (Å²) in [6.07, 6.45) is 0. The predicted molar refractivity (Wildman–Crippen MR) is 77.3 cm³/mol. The van der Waals surface area contributed by atoms with Crippen LogP contribution in [-0.4, -0.2) is 5.91 Å². The molecule has 0 unspecified atom stereocenters. The second kappa shape index (κ2) is 5.46. The normalized spacial score (nSPS) is 10.3. The van der Waals surface area contributed by atoms with Crippen LogP contribution in [0, 0.1) is 11.6 Å². The fraction of sp³-hybridized carbons (Fsp3) is 0. The number of hydrogen-bond acceptors (Lipinski definition) is 3. The van der Waals surface area contributed by atoms with Crippen LogP contribution in [-0.2, 0) is 0 Å². The van der Waals surface area contributed by atoms with Crippen molar-refractivity contribution in [1.29, 1.82) is 0 Å². The number of nitrogens with two attached hydrogens (primary N) is 2. The van der Waals surface area contributed by atoms with Gasteiger partial charge in [0.15, 0.2) is 5.82 Å². The zero-order valence-electron chi connectivity index (χ0n) is 10.1. The van der Waals surface area contributed by atoms with Crippen molar-refractivity contribution in [3.05, 3.63) is 52.0 Å². The number of rotatable bonds is 2. The molecule has 104 valence electrons. The van der Waals surface area contributed by atoms with E-state index in [0.29, 0.717) is 17.4 Å². The molecular formula is C13H10BrF2N3O.